The van der Waals surface area contributed by atoms with E-state index in [0.29, 0.717) is 41.0 Å². The zero-order valence-corrected chi connectivity index (χ0v) is 17.5. The van der Waals surface area contributed by atoms with Crippen molar-refractivity contribution in [3.05, 3.63) is 60.2 Å². The normalized spacial score (nSPS) is 12.4. The topological polar surface area (TPSA) is 110 Å². The number of ether oxygens (including phenoxy) is 3. The molecule has 0 radical (unpaired) electrons. The summed E-state index contributed by atoms with van der Waals surface area (Å²) < 4.78 is 16.2. The Morgan fingerprint density at radius 3 is 2.53 bits per heavy atom. The molecule has 2 heterocycles. The zero-order chi connectivity index (χ0) is 22.7. The number of nitrogens with one attached hydrogen (secondary N) is 1. The van der Waals surface area contributed by atoms with Gasteiger partial charge in [0.05, 0.1) is 37.7 Å². The molecule has 0 saturated carbocycles. The average Bonchev–Trinajstić information content (AvgIpc) is 2.83. The zero-order valence-electron chi connectivity index (χ0n) is 17.5. The largest absolute Gasteiger partial charge is 0.497 e. The SMILES string of the molecule is COc1ccc(NC(=O)N2CCOc3nc(-c4ccc(C(=O)O)cc4)ccc32)c(OC)c1. The molecule has 0 spiro atoms. The minimum atomic E-state index is -0.992. The van der Waals surface area contributed by atoms with Gasteiger partial charge < -0.3 is 24.6 Å². The molecule has 3 aromatic rings. The quantitative estimate of drug-likeness (QED) is 0.625. The first-order valence-electron chi connectivity index (χ1n) is 9.78. The van der Waals surface area contributed by atoms with Gasteiger partial charge in [0.15, 0.2) is 0 Å². The number of urea groups is 1. The lowest BCUT2D eigenvalue weighted by Crippen LogP contribution is -2.41. The van der Waals surface area contributed by atoms with Gasteiger partial charge in [-0.25, -0.2) is 14.6 Å². The molecule has 0 aliphatic carbocycles. The summed E-state index contributed by atoms with van der Waals surface area (Å²) in [6.07, 6.45) is 0. The Balaban J connectivity index is 1.57. The van der Waals surface area contributed by atoms with Crippen LogP contribution < -0.4 is 24.4 Å². The van der Waals surface area contributed by atoms with E-state index >= 15 is 0 Å². The average molecular weight is 435 g/mol. The number of nitrogens with zero attached hydrogens (tertiary/aromatic N) is 2. The van der Waals surface area contributed by atoms with Crippen molar-refractivity contribution in [3.8, 4) is 28.6 Å². The van der Waals surface area contributed by atoms with Crippen LogP contribution in [-0.4, -0.2) is 49.5 Å². The minimum absolute atomic E-state index is 0.194. The molecule has 1 aliphatic rings. The molecule has 164 valence electrons. The number of carbonyl (C=O) groups excluding carboxylic acids is 1. The maximum absolute atomic E-state index is 13.0. The summed E-state index contributed by atoms with van der Waals surface area (Å²) in [6.45, 7) is 0.639. The molecule has 1 aromatic heterocycles. The molecule has 0 saturated heterocycles. The van der Waals surface area contributed by atoms with Crippen molar-refractivity contribution < 1.29 is 28.9 Å². The Bertz CT molecular complexity index is 1160. The summed E-state index contributed by atoms with van der Waals surface area (Å²) in [5.74, 6) is 0.426. The Kier molecular flexibility index (Phi) is 5.80. The van der Waals surface area contributed by atoms with Gasteiger partial charge in [-0.1, -0.05) is 12.1 Å². The van der Waals surface area contributed by atoms with Crippen molar-refractivity contribution in [1.29, 1.82) is 0 Å². The second-order valence-corrected chi connectivity index (χ2v) is 6.90. The van der Waals surface area contributed by atoms with Crippen LogP contribution in [0, 0.1) is 0 Å². The number of amides is 2. The number of anilines is 2. The van der Waals surface area contributed by atoms with Gasteiger partial charge in [-0.2, -0.15) is 0 Å². The summed E-state index contributed by atoms with van der Waals surface area (Å²) in [7, 11) is 3.07. The number of aromatic carboxylic acids is 1. The second-order valence-electron chi connectivity index (χ2n) is 6.90. The molecular weight excluding hydrogens is 414 g/mol. The molecule has 2 amide bonds. The lowest BCUT2D eigenvalue weighted by Gasteiger charge is -2.29. The summed E-state index contributed by atoms with van der Waals surface area (Å²) in [4.78, 5) is 30.1. The van der Waals surface area contributed by atoms with Crippen LogP contribution >= 0.6 is 0 Å². The number of hydrogen-bond acceptors (Lipinski definition) is 6. The maximum atomic E-state index is 13.0. The molecule has 2 N–H and O–H groups in total. The van der Waals surface area contributed by atoms with E-state index < -0.39 is 5.97 Å². The Morgan fingerprint density at radius 2 is 1.84 bits per heavy atom. The first kappa shape index (κ1) is 21.0. The predicted molar refractivity (Wildman–Crippen MR) is 118 cm³/mol. The number of carboxylic acids is 1. The maximum Gasteiger partial charge on any atom is 0.335 e. The van der Waals surface area contributed by atoms with E-state index in [-0.39, 0.29) is 18.2 Å². The van der Waals surface area contributed by atoms with E-state index in [1.807, 2.05) is 0 Å². The van der Waals surface area contributed by atoms with Crippen LogP contribution in [0.1, 0.15) is 10.4 Å². The van der Waals surface area contributed by atoms with Gasteiger partial charge >= 0.3 is 12.0 Å². The van der Waals surface area contributed by atoms with E-state index in [0.717, 1.165) is 5.56 Å². The van der Waals surface area contributed by atoms with E-state index in [1.165, 1.54) is 19.2 Å². The number of fused-ring (bicyclic) bond motifs is 1. The standard InChI is InChI=1S/C23H21N3O6/c1-30-16-7-8-18(20(13-16)31-2)25-23(29)26-11-12-32-21-19(26)10-9-17(24-21)14-3-5-15(6-4-14)22(27)28/h3-10,13H,11-12H2,1-2H3,(H,25,29)(H,27,28). The molecular formula is C23H21N3O6. The summed E-state index contributed by atoms with van der Waals surface area (Å²) >= 11 is 0. The van der Waals surface area contributed by atoms with Crippen LogP contribution in [0.5, 0.6) is 17.4 Å². The Hall–Kier alpha value is -4.27. The number of carbonyl (C=O) groups is 2. The summed E-state index contributed by atoms with van der Waals surface area (Å²) in [5.41, 5.74) is 2.59. The fourth-order valence-electron chi connectivity index (χ4n) is 3.34. The molecule has 0 unspecified atom stereocenters. The number of pyridine rings is 1. The van der Waals surface area contributed by atoms with Crippen LogP contribution in [0.3, 0.4) is 0 Å². The predicted octanol–water partition coefficient (Wildman–Crippen LogP) is 3.89. The van der Waals surface area contributed by atoms with Gasteiger partial charge in [0.1, 0.15) is 23.8 Å². The molecule has 2 aromatic carbocycles. The van der Waals surface area contributed by atoms with Gasteiger partial charge in [-0.3, -0.25) is 4.90 Å². The van der Waals surface area contributed by atoms with Crippen LogP contribution in [0.25, 0.3) is 11.3 Å². The molecule has 32 heavy (non-hydrogen) atoms. The van der Waals surface area contributed by atoms with Crippen LogP contribution in [0.2, 0.25) is 0 Å². The van der Waals surface area contributed by atoms with Crippen LogP contribution in [0.4, 0.5) is 16.2 Å². The highest BCUT2D eigenvalue weighted by atomic mass is 16.5. The fraction of sp³-hybridized carbons (Fsp3) is 0.174. The number of rotatable bonds is 5. The van der Waals surface area contributed by atoms with Crippen molar-refractivity contribution in [3.63, 3.8) is 0 Å². The third-order valence-electron chi connectivity index (χ3n) is 5.01. The highest BCUT2D eigenvalue weighted by Gasteiger charge is 2.26. The number of hydrogen-bond donors (Lipinski definition) is 2. The highest BCUT2D eigenvalue weighted by molar-refractivity contribution is 6.03. The van der Waals surface area contributed by atoms with Gasteiger partial charge in [0.2, 0.25) is 5.88 Å². The first-order chi connectivity index (χ1) is 15.5. The molecule has 9 heteroatoms. The Morgan fingerprint density at radius 1 is 1.06 bits per heavy atom. The van der Waals surface area contributed by atoms with Crippen molar-refractivity contribution >= 4 is 23.4 Å². The van der Waals surface area contributed by atoms with E-state index in [4.69, 9.17) is 19.3 Å². The van der Waals surface area contributed by atoms with Crippen LogP contribution in [0.15, 0.2) is 54.6 Å². The molecule has 4 rings (SSSR count). The molecule has 1 aliphatic heterocycles. The lowest BCUT2D eigenvalue weighted by atomic mass is 10.1. The van der Waals surface area contributed by atoms with E-state index in [2.05, 4.69) is 10.3 Å². The summed E-state index contributed by atoms with van der Waals surface area (Å²) in [5, 5.41) is 11.9. The lowest BCUT2D eigenvalue weighted by molar-refractivity contribution is 0.0697. The number of aromatic nitrogens is 1. The third-order valence-corrected chi connectivity index (χ3v) is 5.01. The minimum Gasteiger partial charge on any atom is -0.497 e. The third kappa shape index (κ3) is 4.13. The molecule has 0 bridgehead atoms. The van der Waals surface area contributed by atoms with Crippen molar-refractivity contribution in [2.45, 2.75) is 0 Å². The van der Waals surface area contributed by atoms with E-state index in [1.54, 1.807) is 54.5 Å². The van der Waals surface area contributed by atoms with Crippen LogP contribution in [-0.2, 0) is 0 Å². The number of methoxy groups -OCH3 is 2. The van der Waals surface area contributed by atoms with Gasteiger partial charge in [-0.05, 0) is 36.4 Å². The summed E-state index contributed by atoms with van der Waals surface area (Å²) in [6, 6.07) is 14.7. The second kappa shape index (κ2) is 8.84. The van der Waals surface area contributed by atoms with Crippen molar-refractivity contribution in [1.82, 2.24) is 4.98 Å². The van der Waals surface area contributed by atoms with E-state index in [9.17, 15) is 9.59 Å². The fourth-order valence-corrected chi connectivity index (χ4v) is 3.34. The highest BCUT2D eigenvalue weighted by Crippen LogP contribution is 2.34. The Labute approximate surface area is 184 Å². The van der Waals surface area contributed by atoms with Gasteiger partial charge in [-0.15, -0.1) is 0 Å². The molecule has 0 fully saturated rings. The smallest absolute Gasteiger partial charge is 0.335 e. The van der Waals surface area contributed by atoms with Crippen molar-refractivity contribution in [2.75, 3.05) is 37.6 Å². The molecule has 0 atom stereocenters. The van der Waals surface area contributed by atoms with Crippen molar-refractivity contribution in [2.24, 2.45) is 0 Å². The first-order valence-corrected chi connectivity index (χ1v) is 9.78. The van der Waals surface area contributed by atoms with Gasteiger partial charge in [0.25, 0.3) is 0 Å². The monoisotopic (exact) mass is 435 g/mol. The number of carboxylic acid groups (broad SMARTS) is 1. The molecule has 9 nitrogen and oxygen atoms in total. The number of benzene rings is 2. The van der Waals surface area contributed by atoms with Gasteiger partial charge in [0, 0.05) is 11.6 Å².